The first-order valence-electron chi connectivity index (χ1n) is 10.0. The number of hydrogen-bond acceptors (Lipinski definition) is 2. The lowest BCUT2D eigenvalue weighted by atomic mass is 9.87. The third kappa shape index (κ3) is 4.35. The lowest BCUT2D eigenvalue weighted by Crippen LogP contribution is -2.19. The van der Waals surface area contributed by atoms with Crippen LogP contribution in [0.5, 0.6) is 0 Å². The summed E-state index contributed by atoms with van der Waals surface area (Å²) in [5.41, 5.74) is -5.69. The van der Waals surface area contributed by atoms with Gasteiger partial charge in [0.15, 0.2) is 11.9 Å². The number of aromatic nitrogens is 1. The maximum Gasteiger partial charge on any atom is 0.433 e. The molecule has 2 nitrogen and oxygen atoms in total. The minimum Gasteiger partial charge on any atom is -0.392 e. The van der Waals surface area contributed by atoms with Gasteiger partial charge >= 0.3 is 6.18 Å². The second kappa shape index (κ2) is 9.06. The molecular weight excluding hydrogens is 463 g/mol. The third-order valence-corrected chi connectivity index (χ3v) is 5.45. The number of alkyl halides is 6. The number of fused-ring (bicyclic) bond motifs is 1. The zero-order chi connectivity index (χ0) is 24.6. The molecule has 34 heavy (non-hydrogen) atoms. The molecule has 0 amide bonds. The minimum atomic E-state index is -5.20. The largest absolute Gasteiger partial charge is 0.433 e. The number of pyridine rings is 1. The van der Waals surface area contributed by atoms with Crippen molar-refractivity contribution in [1.82, 2.24) is 4.98 Å². The summed E-state index contributed by atoms with van der Waals surface area (Å²) in [5.74, 6) is -0.735. The van der Waals surface area contributed by atoms with E-state index in [0.717, 1.165) is 29.7 Å². The van der Waals surface area contributed by atoms with Gasteiger partial charge in [-0.2, -0.15) is 13.2 Å². The molecule has 1 aromatic heterocycles. The SMILES string of the molecule is OCc1c(C(F)(F)F)nc(C(F)F)c(C(F)c2ccc3ccccc3c2)c1-c1ccc(F)cc1. The van der Waals surface area contributed by atoms with Crippen LogP contribution in [0.4, 0.5) is 30.7 Å². The van der Waals surface area contributed by atoms with Crippen LogP contribution in [0.15, 0.2) is 66.7 Å². The number of nitrogens with zero attached hydrogens (tertiary/aromatic N) is 1. The fourth-order valence-corrected chi connectivity index (χ4v) is 3.95. The molecule has 0 saturated heterocycles. The van der Waals surface area contributed by atoms with E-state index in [0.29, 0.717) is 5.39 Å². The number of hydrogen-bond donors (Lipinski definition) is 1. The maximum absolute atomic E-state index is 16.0. The Bertz CT molecular complexity index is 1330. The van der Waals surface area contributed by atoms with Crippen molar-refractivity contribution in [3.8, 4) is 11.1 Å². The van der Waals surface area contributed by atoms with Crippen LogP contribution in [0.1, 0.15) is 40.7 Å². The van der Waals surface area contributed by atoms with E-state index in [1.165, 1.54) is 12.1 Å². The minimum absolute atomic E-state index is 0.0885. The van der Waals surface area contributed by atoms with E-state index in [1.54, 1.807) is 30.3 Å². The number of halogens is 7. The number of rotatable bonds is 5. The maximum atomic E-state index is 16.0. The van der Waals surface area contributed by atoms with E-state index >= 15 is 4.39 Å². The van der Waals surface area contributed by atoms with Crippen LogP contribution in [-0.4, -0.2) is 10.1 Å². The Kier molecular flexibility index (Phi) is 6.31. The summed E-state index contributed by atoms with van der Waals surface area (Å²) in [6.07, 6.45) is -11.1. The molecule has 4 aromatic rings. The quantitative estimate of drug-likeness (QED) is 0.300. The molecule has 1 atom stereocenters. The summed E-state index contributed by atoms with van der Waals surface area (Å²) in [6, 6.07) is 15.1. The van der Waals surface area contributed by atoms with Gasteiger partial charge in [-0.1, -0.05) is 48.5 Å². The van der Waals surface area contributed by atoms with Gasteiger partial charge in [-0.25, -0.2) is 22.5 Å². The fraction of sp³-hybridized carbons (Fsp3) is 0.160. The molecule has 0 bridgehead atoms. The molecule has 9 heteroatoms. The van der Waals surface area contributed by atoms with Crippen LogP contribution in [0.3, 0.4) is 0 Å². The summed E-state index contributed by atoms with van der Waals surface area (Å²) in [4.78, 5) is 3.08. The molecule has 0 aliphatic heterocycles. The molecule has 0 aliphatic rings. The highest BCUT2D eigenvalue weighted by Crippen LogP contribution is 2.45. The first-order chi connectivity index (χ1) is 16.1. The number of aliphatic hydroxyl groups excluding tert-OH is 1. The first-order valence-corrected chi connectivity index (χ1v) is 10.0. The summed E-state index contributed by atoms with van der Waals surface area (Å²) in [6.45, 7) is -1.25. The van der Waals surface area contributed by atoms with Crippen molar-refractivity contribution in [3.63, 3.8) is 0 Å². The molecule has 0 saturated carbocycles. The highest BCUT2D eigenvalue weighted by atomic mass is 19.4. The van der Waals surface area contributed by atoms with Gasteiger partial charge in [-0.3, -0.25) is 0 Å². The smallest absolute Gasteiger partial charge is 0.392 e. The zero-order valence-corrected chi connectivity index (χ0v) is 17.3. The van der Waals surface area contributed by atoms with Crippen LogP contribution < -0.4 is 0 Å². The average molecular weight is 479 g/mol. The van der Waals surface area contributed by atoms with E-state index < -0.39 is 59.3 Å². The molecule has 1 heterocycles. The second-order valence-electron chi connectivity index (χ2n) is 7.55. The Morgan fingerprint density at radius 3 is 2.09 bits per heavy atom. The second-order valence-corrected chi connectivity index (χ2v) is 7.55. The summed E-state index contributed by atoms with van der Waals surface area (Å²) in [5, 5.41) is 11.1. The van der Waals surface area contributed by atoms with Crippen LogP contribution in [0.2, 0.25) is 0 Å². The van der Waals surface area contributed by atoms with Crippen molar-refractivity contribution in [3.05, 3.63) is 101 Å². The van der Waals surface area contributed by atoms with Gasteiger partial charge in [0, 0.05) is 11.1 Å². The van der Waals surface area contributed by atoms with Crippen LogP contribution in [0, 0.1) is 5.82 Å². The molecule has 0 aliphatic carbocycles. The van der Waals surface area contributed by atoms with Crippen LogP contribution in [0.25, 0.3) is 21.9 Å². The number of aliphatic hydroxyl groups is 1. The van der Waals surface area contributed by atoms with Gasteiger partial charge in [0.2, 0.25) is 0 Å². The third-order valence-electron chi connectivity index (χ3n) is 5.45. The van der Waals surface area contributed by atoms with Crippen molar-refractivity contribution < 1.29 is 35.8 Å². The van der Waals surface area contributed by atoms with Gasteiger partial charge < -0.3 is 5.11 Å². The highest BCUT2D eigenvalue weighted by Gasteiger charge is 2.40. The first kappa shape index (κ1) is 23.7. The molecule has 0 spiro atoms. The van der Waals surface area contributed by atoms with E-state index in [-0.39, 0.29) is 11.1 Å². The van der Waals surface area contributed by atoms with Crippen molar-refractivity contribution >= 4 is 10.8 Å². The Morgan fingerprint density at radius 2 is 1.50 bits per heavy atom. The van der Waals surface area contributed by atoms with Crippen LogP contribution >= 0.6 is 0 Å². The molecule has 1 unspecified atom stereocenters. The van der Waals surface area contributed by atoms with E-state index in [9.17, 15) is 31.4 Å². The van der Waals surface area contributed by atoms with Gasteiger partial charge in [0.1, 0.15) is 11.5 Å². The fourth-order valence-electron chi connectivity index (χ4n) is 3.95. The van der Waals surface area contributed by atoms with Gasteiger partial charge in [0.05, 0.1) is 6.61 Å². The monoisotopic (exact) mass is 479 g/mol. The highest BCUT2D eigenvalue weighted by molar-refractivity contribution is 5.83. The van der Waals surface area contributed by atoms with Crippen molar-refractivity contribution in [2.75, 3.05) is 0 Å². The molecule has 176 valence electrons. The molecule has 0 fully saturated rings. The van der Waals surface area contributed by atoms with Gasteiger partial charge in [-0.15, -0.1) is 0 Å². The number of benzene rings is 3. The average Bonchev–Trinajstić information content (AvgIpc) is 2.81. The molecule has 4 rings (SSSR count). The summed E-state index contributed by atoms with van der Waals surface area (Å²) < 4.78 is 98.6. The molecule has 1 N–H and O–H groups in total. The van der Waals surface area contributed by atoms with Gasteiger partial charge in [-0.05, 0) is 45.7 Å². The zero-order valence-electron chi connectivity index (χ0n) is 17.3. The Balaban J connectivity index is 2.07. The van der Waals surface area contributed by atoms with Crippen LogP contribution in [-0.2, 0) is 12.8 Å². The van der Waals surface area contributed by atoms with E-state index in [1.807, 2.05) is 0 Å². The van der Waals surface area contributed by atoms with Crippen molar-refractivity contribution in [1.29, 1.82) is 0 Å². The van der Waals surface area contributed by atoms with Crippen molar-refractivity contribution in [2.24, 2.45) is 0 Å². The summed E-state index contributed by atoms with van der Waals surface area (Å²) >= 11 is 0. The topological polar surface area (TPSA) is 33.1 Å². The Morgan fingerprint density at radius 1 is 0.853 bits per heavy atom. The van der Waals surface area contributed by atoms with E-state index in [4.69, 9.17) is 0 Å². The van der Waals surface area contributed by atoms with Crippen molar-refractivity contribution in [2.45, 2.75) is 25.4 Å². The predicted octanol–water partition coefficient (Wildman–Crippen LogP) is 7.55. The molecular formula is C25H16F7NO. The lowest BCUT2D eigenvalue weighted by Gasteiger charge is -2.24. The van der Waals surface area contributed by atoms with E-state index in [2.05, 4.69) is 4.98 Å². The Hall–Kier alpha value is -3.46. The standard InChI is InChI=1S/C25H16F7NO/c26-17-9-7-14(8-10-17)19-18(12-34)23(25(30,31)32)33-22(24(28)29)20(19)21(27)16-6-5-13-3-1-2-4-15(13)11-16/h1-11,21,24,34H,12H2. The lowest BCUT2D eigenvalue weighted by molar-refractivity contribution is -0.142. The van der Waals surface area contributed by atoms with Gasteiger partial charge in [0.25, 0.3) is 6.43 Å². The predicted molar refractivity (Wildman–Crippen MR) is 112 cm³/mol. The normalized spacial score (nSPS) is 13.0. The Labute approximate surface area is 189 Å². The molecule has 0 radical (unpaired) electrons. The summed E-state index contributed by atoms with van der Waals surface area (Å²) in [7, 11) is 0. The molecule has 3 aromatic carbocycles.